The first kappa shape index (κ1) is 9.94. The van der Waals surface area contributed by atoms with Crippen LogP contribution in [0, 0.1) is 5.92 Å². The summed E-state index contributed by atoms with van der Waals surface area (Å²) in [6.07, 6.45) is 9.35. The smallest absolute Gasteiger partial charge is 0.214 e. The molecule has 86 valence electrons. The molecular formula is C13H18N2O. The van der Waals surface area contributed by atoms with Crippen molar-refractivity contribution in [3.05, 3.63) is 23.2 Å². The van der Waals surface area contributed by atoms with Crippen LogP contribution in [0.3, 0.4) is 0 Å². The predicted octanol–water partition coefficient (Wildman–Crippen LogP) is 2.32. The summed E-state index contributed by atoms with van der Waals surface area (Å²) in [4.78, 5) is 6.86. The Hall–Kier alpha value is -1.25. The molecule has 1 atom stereocenters. The number of methoxy groups -OCH3 is 1. The van der Waals surface area contributed by atoms with Gasteiger partial charge in [0.25, 0.3) is 0 Å². The van der Waals surface area contributed by atoms with E-state index in [0.717, 1.165) is 5.88 Å². The minimum Gasteiger partial charge on any atom is -0.481 e. The number of allylic oxidation sites excluding steroid dienone is 2. The van der Waals surface area contributed by atoms with E-state index in [1.165, 1.54) is 44.5 Å². The first-order chi connectivity index (χ1) is 7.88. The number of aliphatic imine (C=N–C) groups is 1. The number of likely N-dealkylation sites (tertiary alicyclic amines) is 1. The minimum absolute atomic E-state index is 0.584. The highest BCUT2D eigenvalue weighted by Crippen LogP contribution is 2.42. The number of piperidine rings is 1. The normalized spacial score (nSPS) is 28.4. The summed E-state index contributed by atoms with van der Waals surface area (Å²) in [7, 11) is 1.69. The van der Waals surface area contributed by atoms with Crippen LogP contribution >= 0.6 is 0 Å². The van der Waals surface area contributed by atoms with Gasteiger partial charge in [-0.3, -0.25) is 0 Å². The highest BCUT2D eigenvalue weighted by molar-refractivity contribution is 5.74. The maximum atomic E-state index is 5.26. The quantitative estimate of drug-likeness (QED) is 0.710. The second-order valence-electron chi connectivity index (χ2n) is 4.73. The first-order valence-electron chi connectivity index (χ1n) is 6.16. The van der Waals surface area contributed by atoms with Crippen LogP contribution in [0.2, 0.25) is 0 Å². The molecule has 0 amide bonds. The fraction of sp³-hybridized carbons (Fsp3) is 0.615. The average Bonchev–Trinajstić information content (AvgIpc) is 3.09. The van der Waals surface area contributed by atoms with E-state index in [4.69, 9.17) is 4.74 Å². The third kappa shape index (κ3) is 1.75. The molecule has 1 aliphatic carbocycles. The van der Waals surface area contributed by atoms with Crippen molar-refractivity contribution in [1.29, 1.82) is 0 Å². The van der Waals surface area contributed by atoms with E-state index in [1.807, 2.05) is 6.21 Å². The van der Waals surface area contributed by atoms with Gasteiger partial charge in [-0.05, 0) is 31.3 Å². The van der Waals surface area contributed by atoms with Crippen molar-refractivity contribution in [2.24, 2.45) is 10.9 Å². The summed E-state index contributed by atoms with van der Waals surface area (Å²) in [5.41, 5.74) is 2.94. The van der Waals surface area contributed by atoms with Crippen LogP contribution in [0.1, 0.15) is 25.7 Å². The Morgan fingerprint density at radius 1 is 1.31 bits per heavy atom. The van der Waals surface area contributed by atoms with Crippen molar-refractivity contribution in [2.75, 3.05) is 20.2 Å². The maximum absolute atomic E-state index is 5.26. The topological polar surface area (TPSA) is 24.8 Å². The van der Waals surface area contributed by atoms with Crippen LogP contribution < -0.4 is 0 Å². The molecule has 2 fully saturated rings. The molecule has 0 aromatic heterocycles. The molecule has 1 unspecified atom stereocenters. The van der Waals surface area contributed by atoms with Gasteiger partial charge in [-0.2, -0.15) is 0 Å². The lowest BCUT2D eigenvalue weighted by Gasteiger charge is -2.29. The molecule has 2 heterocycles. The first-order valence-corrected chi connectivity index (χ1v) is 6.16. The minimum atomic E-state index is 0.584. The Balaban J connectivity index is 1.87. The van der Waals surface area contributed by atoms with E-state index >= 15 is 0 Å². The molecule has 1 saturated heterocycles. The summed E-state index contributed by atoms with van der Waals surface area (Å²) in [6, 6.07) is 0. The summed E-state index contributed by atoms with van der Waals surface area (Å²) in [5, 5.41) is 0. The van der Waals surface area contributed by atoms with Crippen LogP contribution in [-0.4, -0.2) is 31.3 Å². The lowest BCUT2D eigenvalue weighted by Crippen LogP contribution is -2.28. The van der Waals surface area contributed by atoms with Crippen molar-refractivity contribution >= 4 is 6.21 Å². The van der Waals surface area contributed by atoms with Gasteiger partial charge in [0, 0.05) is 37.0 Å². The van der Waals surface area contributed by atoms with Crippen molar-refractivity contribution in [3.63, 3.8) is 0 Å². The zero-order valence-corrected chi connectivity index (χ0v) is 9.78. The molecule has 0 aromatic carbocycles. The van der Waals surface area contributed by atoms with Crippen LogP contribution in [0.5, 0.6) is 0 Å². The van der Waals surface area contributed by atoms with Crippen LogP contribution in [0.4, 0.5) is 0 Å². The number of nitrogens with zero attached hydrogens (tertiary/aromatic N) is 2. The van der Waals surface area contributed by atoms with Gasteiger partial charge in [0.2, 0.25) is 5.88 Å². The fourth-order valence-electron chi connectivity index (χ4n) is 2.57. The lowest BCUT2D eigenvalue weighted by molar-refractivity contribution is 0.274. The molecule has 1 saturated carbocycles. The summed E-state index contributed by atoms with van der Waals surface area (Å²) < 4.78 is 5.26. The van der Waals surface area contributed by atoms with Crippen LogP contribution in [0.15, 0.2) is 28.2 Å². The highest BCUT2D eigenvalue weighted by Gasteiger charge is 2.34. The van der Waals surface area contributed by atoms with Gasteiger partial charge in [0.1, 0.15) is 0 Å². The number of rotatable bonds is 2. The Bertz CT molecular complexity index is 375. The number of ether oxygens (including phenoxy) is 1. The van der Waals surface area contributed by atoms with E-state index in [1.54, 1.807) is 12.7 Å². The van der Waals surface area contributed by atoms with Gasteiger partial charge in [-0.15, -0.1) is 0 Å². The van der Waals surface area contributed by atoms with Crippen LogP contribution in [0.25, 0.3) is 0 Å². The molecule has 3 aliphatic rings. The van der Waals surface area contributed by atoms with Crippen molar-refractivity contribution < 1.29 is 4.74 Å². The predicted molar refractivity (Wildman–Crippen MR) is 64.1 cm³/mol. The fourth-order valence-corrected chi connectivity index (χ4v) is 2.57. The lowest BCUT2D eigenvalue weighted by atomic mass is 10.1. The Labute approximate surface area is 96.5 Å². The van der Waals surface area contributed by atoms with E-state index in [2.05, 4.69) is 16.0 Å². The molecule has 0 aromatic rings. The largest absolute Gasteiger partial charge is 0.481 e. The van der Waals surface area contributed by atoms with E-state index < -0.39 is 0 Å². The van der Waals surface area contributed by atoms with Gasteiger partial charge in [-0.25, -0.2) is 4.99 Å². The average molecular weight is 218 g/mol. The summed E-state index contributed by atoms with van der Waals surface area (Å²) in [5.74, 6) is 1.33. The number of hydrogen-bond acceptors (Lipinski definition) is 3. The molecule has 3 nitrogen and oxygen atoms in total. The van der Waals surface area contributed by atoms with Crippen molar-refractivity contribution in [2.45, 2.75) is 25.7 Å². The molecule has 0 bridgehead atoms. The standard InChI is InChI=1S/C13H18N2O/c1-16-13-8-12(11-7-10(11)9-14-13)15-5-3-2-4-6-15/h8-10H,2-7H2,1H3. The molecule has 0 spiro atoms. The zero-order valence-electron chi connectivity index (χ0n) is 9.78. The van der Waals surface area contributed by atoms with E-state index in [0.29, 0.717) is 5.92 Å². The van der Waals surface area contributed by atoms with Gasteiger partial charge in [-0.1, -0.05) is 0 Å². The van der Waals surface area contributed by atoms with Gasteiger partial charge >= 0.3 is 0 Å². The number of fused-ring (bicyclic) bond motifs is 1. The zero-order chi connectivity index (χ0) is 11.0. The monoisotopic (exact) mass is 218 g/mol. The maximum Gasteiger partial charge on any atom is 0.214 e. The second kappa shape index (κ2) is 3.96. The SMILES string of the molecule is COC1=CC(N2CCCCC2)=C2CC2C=N1. The van der Waals surface area contributed by atoms with Gasteiger partial charge < -0.3 is 9.64 Å². The van der Waals surface area contributed by atoms with Crippen molar-refractivity contribution in [3.8, 4) is 0 Å². The Morgan fingerprint density at radius 3 is 2.88 bits per heavy atom. The molecular weight excluding hydrogens is 200 g/mol. The third-order valence-electron chi connectivity index (χ3n) is 3.60. The van der Waals surface area contributed by atoms with E-state index in [-0.39, 0.29) is 0 Å². The third-order valence-corrected chi connectivity index (χ3v) is 3.60. The highest BCUT2D eigenvalue weighted by atomic mass is 16.5. The van der Waals surface area contributed by atoms with E-state index in [9.17, 15) is 0 Å². The molecule has 2 aliphatic heterocycles. The van der Waals surface area contributed by atoms with Crippen molar-refractivity contribution in [1.82, 2.24) is 4.90 Å². The summed E-state index contributed by atoms with van der Waals surface area (Å²) in [6.45, 7) is 2.39. The Kier molecular flexibility index (Phi) is 2.46. The van der Waals surface area contributed by atoms with Crippen LogP contribution in [-0.2, 0) is 4.74 Å². The Morgan fingerprint density at radius 2 is 2.12 bits per heavy atom. The molecule has 0 radical (unpaired) electrons. The number of hydrogen-bond donors (Lipinski definition) is 0. The van der Waals surface area contributed by atoms with Gasteiger partial charge in [0.05, 0.1) is 7.11 Å². The van der Waals surface area contributed by atoms with Gasteiger partial charge in [0.15, 0.2) is 0 Å². The second-order valence-corrected chi connectivity index (χ2v) is 4.73. The summed E-state index contributed by atoms with van der Waals surface area (Å²) >= 11 is 0. The molecule has 0 N–H and O–H groups in total. The molecule has 3 rings (SSSR count). The molecule has 3 heteroatoms. The molecule has 16 heavy (non-hydrogen) atoms.